The van der Waals surface area contributed by atoms with Crippen molar-refractivity contribution in [2.24, 2.45) is 0 Å². The van der Waals surface area contributed by atoms with E-state index in [2.05, 4.69) is 6.58 Å². The fourth-order valence-electron chi connectivity index (χ4n) is 0.618. The molecule has 0 fully saturated rings. The quantitative estimate of drug-likeness (QED) is 0.465. The average Bonchev–Trinajstić information content (AvgIpc) is 2.19. The summed E-state index contributed by atoms with van der Waals surface area (Å²) in [5.74, 6) is -0.935. The van der Waals surface area contributed by atoms with Crippen LogP contribution in [0.2, 0.25) is 0 Å². The number of benzene rings is 1. The first-order valence-electron chi connectivity index (χ1n) is 4.28. The molecule has 0 heterocycles. The van der Waals surface area contributed by atoms with Crippen LogP contribution in [0.15, 0.2) is 42.5 Å². The minimum Gasteiger partial charge on any atom is -0.478 e. The second kappa shape index (κ2) is 6.99. The number of aliphatic carboxylic acids is 1. The van der Waals surface area contributed by atoms with Gasteiger partial charge in [0.15, 0.2) is 5.03 Å². The Bertz CT molecular complexity index is 364. The SMILES string of the molecule is C=C(C)C(=O)O.O=[N+]([O-])Nc1ccccc1. The maximum atomic E-state index is 9.86. The molecule has 0 aliphatic carbocycles. The van der Waals surface area contributed by atoms with E-state index in [0.717, 1.165) is 0 Å². The zero-order valence-corrected chi connectivity index (χ0v) is 8.71. The molecule has 6 heteroatoms. The summed E-state index contributed by atoms with van der Waals surface area (Å²) in [6.07, 6.45) is 0. The number of para-hydroxylation sites is 1. The molecule has 0 saturated heterocycles. The number of hydrogen-bond donors (Lipinski definition) is 2. The van der Waals surface area contributed by atoms with E-state index in [1.165, 1.54) is 6.92 Å². The molecule has 16 heavy (non-hydrogen) atoms. The lowest BCUT2D eigenvalue weighted by molar-refractivity contribution is -0.445. The normalized spacial score (nSPS) is 8.31. The Labute approximate surface area is 92.3 Å². The van der Waals surface area contributed by atoms with Crippen LogP contribution in [0.25, 0.3) is 0 Å². The Morgan fingerprint density at radius 1 is 1.44 bits per heavy atom. The van der Waals surface area contributed by atoms with Crippen molar-refractivity contribution in [3.8, 4) is 0 Å². The third-order valence-electron chi connectivity index (χ3n) is 1.36. The number of nitrogens with one attached hydrogen (secondary N) is 1. The van der Waals surface area contributed by atoms with Gasteiger partial charge in [0.1, 0.15) is 5.69 Å². The predicted octanol–water partition coefficient (Wildman–Crippen LogP) is 1.94. The lowest BCUT2D eigenvalue weighted by Gasteiger charge is -1.93. The van der Waals surface area contributed by atoms with Crippen LogP contribution >= 0.6 is 0 Å². The van der Waals surface area contributed by atoms with Crippen LogP contribution in [-0.4, -0.2) is 16.1 Å². The summed E-state index contributed by atoms with van der Waals surface area (Å²) in [5.41, 5.74) is 2.70. The molecule has 0 aromatic heterocycles. The van der Waals surface area contributed by atoms with Crippen LogP contribution < -0.4 is 5.43 Å². The third-order valence-corrected chi connectivity index (χ3v) is 1.36. The Hall–Kier alpha value is -2.37. The van der Waals surface area contributed by atoms with Crippen LogP contribution in [-0.2, 0) is 4.79 Å². The lowest BCUT2D eigenvalue weighted by atomic mass is 10.3. The number of carboxylic acids is 1. The molecule has 1 rings (SSSR count). The van der Waals surface area contributed by atoms with E-state index in [4.69, 9.17) is 5.11 Å². The molecule has 1 aromatic carbocycles. The summed E-state index contributed by atoms with van der Waals surface area (Å²) in [6.45, 7) is 4.60. The van der Waals surface area contributed by atoms with Gasteiger partial charge in [-0.3, -0.25) is 0 Å². The van der Waals surface area contributed by atoms with Crippen molar-refractivity contribution in [1.82, 2.24) is 0 Å². The second-order valence-corrected chi connectivity index (χ2v) is 2.82. The number of hydrazine groups is 1. The van der Waals surface area contributed by atoms with Crippen molar-refractivity contribution in [2.75, 3.05) is 5.43 Å². The molecule has 0 amide bonds. The number of hydrogen-bond acceptors (Lipinski definition) is 3. The van der Waals surface area contributed by atoms with E-state index in [1.54, 1.807) is 30.3 Å². The molecule has 0 saturated carbocycles. The topological polar surface area (TPSA) is 92.5 Å². The van der Waals surface area contributed by atoms with E-state index >= 15 is 0 Å². The fraction of sp³-hybridized carbons (Fsp3) is 0.100. The van der Waals surface area contributed by atoms with Gasteiger partial charge >= 0.3 is 5.97 Å². The zero-order chi connectivity index (χ0) is 12.6. The third kappa shape index (κ3) is 7.07. The number of nitro groups is 1. The molecule has 1 aromatic rings. The van der Waals surface area contributed by atoms with Gasteiger partial charge in [0.05, 0.1) is 0 Å². The molecule has 6 nitrogen and oxygen atoms in total. The monoisotopic (exact) mass is 224 g/mol. The summed E-state index contributed by atoms with van der Waals surface area (Å²) in [5, 5.41) is 17.2. The molecule has 0 unspecified atom stereocenters. The smallest absolute Gasteiger partial charge is 0.330 e. The maximum Gasteiger partial charge on any atom is 0.330 e. The Morgan fingerprint density at radius 2 is 1.88 bits per heavy atom. The maximum absolute atomic E-state index is 9.86. The van der Waals surface area contributed by atoms with Crippen molar-refractivity contribution in [3.05, 3.63) is 52.6 Å². The van der Waals surface area contributed by atoms with Gasteiger partial charge in [-0.2, -0.15) is 0 Å². The number of carbonyl (C=O) groups is 1. The van der Waals surface area contributed by atoms with Gasteiger partial charge in [-0.15, -0.1) is 5.43 Å². The minimum atomic E-state index is -0.935. The highest BCUT2D eigenvalue weighted by molar-refractivity contribution is 5.84. The van der Waals surface area contributed by atoms with Crippen molar-refractivity contribution in [1.29, 1.82) is 0 Å². The van der Waals surface area contributed by atoms with Gasteiger partial charge in [0.2, 0.25) is 0 Å². The van der Waals surface area contributed by atoms with Gasteiger partial charge in [0.25, 0.3) is 0 Å². The summed E-state index contributed by atoms with van der Waals surface area (Å²) < 4.78 is 0. The van der Waals surface area contributed by atoms with E-state index in [0.29, 0.717) is 5.69 Å². The second-order valence-electron chi connectivity index (χ2n) is 2.82. The van der Waals surface area contributed by atoms with E-state index < -0.39 is 11.0 Å². The van der Waals surface area contributed by atoms with Crippen molar-refractivity contribution in [3.63, 3.8) is 0 Å². The summed E-state index contributed by atoms with van der Waals surface area (Å²) in [6, 6.07) is 8.51. The van der Waals surface area contributed by atoms with Gasteiger partial charge in [-0.25, -0.2) is 14.9 Å². The first-order chi connectivity index (χ1) is 7.43. The van der Waals surface area contributed by atoms with E-state index in [1.807, 2.05) is 5.43 Å². The first-order valence-corrected chi connectivity index (χ1v) is 4.28. The van der Waals surface area contributed by atoms with Crippen molar-refractivity contribution in [2.45, 2.75) is 6.92 Å². The Kier molecular flexibility index (Phi) is 5.96. The molecule has 0 bridgehead atoms. The highest BCUT2D eigenvalue weighted by Gasteiger charge is 1.93. The zero-order valence-electron chi connectivity index (χ0n) is 8.71. The number of rotatable bonds is 3. The number of carboxylic acid groups (broad SMARTS) is 1. The number of anilines is 1. The lowest BCUT2D eigenvalue weighted by Crippen LogP contribution is -2.06. The Balaban J connectivity index is 0.000000325. The summed E-state index contributed by atoms with van der Waals surface area (Å²) in [7, 11) is 0. The Morgan fingerprint density at radius 3 is 2.19 bits per heavy atom. The molecular weight excluding hydrogens is 212 g/mol. The average molecular weight is 224 g/mol. The van der Waals surface area contributed by atoms with Crippen LogP contribution in [0.5, 0.6) is 0 Å². The summed E-state index contributed by atoms with van der Waals surface area (Å²) >= 11 is 0. The number of nitrogens with zero attached hydrogens (tertiary/aromatic N) is 1. The van der Waals surface area contributed by atoms with E-state index in [-0.39, 0.29) is 5.57 Å². The molecule has 86 valence electrons. The van der Waals surface area contributed by atoms with Crippen LogP contribution in [0.3, 0.4) is 0 Å². The van der Waals surface area contributed by atoms with Gasteiger partial charge in [0, 0.05) is 5.57 Å². The summed E-state index contributed by atoms with van der Waals surface area (Å²) in [4.78, 5) is 19.5. The van der Waals surface area contributed by atoms with Crippen LogP contribution in [0.1, 0.15) is 6.92 Å². The first kappa shape index (κ1) is 13.6. The molecule has 2 N–H and O–H groups in total. The van der Waals surface area contributed by atoms with Crippen molar-refractivity contribution < 1.29 is 14.9 Å². The molecule has 0 radical (unpaired) electrons. The van der Waals surface area contributed by atoms with Gasteiger partial charge in [-0.05, 0) is 19.1 Å². The molecule has 0 aliphatic rings. The van der Waals surface area contributed by atoms with Crippen LogP contribution in [0.4, 0.5) is 5.69 Å². The molecule has 0 spiro atoms. The van der Waals surface area contributed by atoms with Crippen molar-refractivity contribution >= 4 is 11.7 Å². The fourth-order valence-corrected chi connectivity index (χ4v) is 0.618. The molecule has 0 aliphatic heterocycles. The standard InChI is InChI=1S/C6H6N2O2.C4H6O2/c9-8(10)7-6-4-2-1-3-5-6;1-3(2)4(5)6/h1-5,7H;1H2,2H3,(H,5,6). The van der Waals surface area contributed by atoms with E-state index in [9.17, 15) is 14.9 Å². The van der Waals surface area contributed by atoms with Gasteiger partial charge in [-0.1, -0.05) is 24.8 Å². The molecular formula is C10H12N2O4. The molecule has 0 atom stereocenters. The minimum absolute atomic E-state index is 0.176. The highest BCUT2D eigenvalue weighted by Crippen LogP contribution is 2.03. The van der Waals surface area contributed by atoms with Gasteiger partial charge < -0.3 is 5.11 Å². The van der Waals surface area contributed by atoms with Crippen LogP contribution in [0, 0.1) is 10.1 Å². The largest absolute Gasteiger partial charge is 0.478 e. The highest BCUT2D eigenvalue weighted by atomic mass is 16.7. The predicted molar refractivity (Wildman–Crippen MR) is 59.5 cm³/mol.